The number of rotatable bonds is 4. The summed E-state index contributed by atoms with van der Waals surface area (Å²) in [5.74, 6) is 0.320. The fourth-order valence-electron chi connectivity index (χ4n) is 2.40. The number of carboxylic acid groups (broad SMARTS) is 1. The summed E-state index contributed by atoms with van der Waals surface area (Å²) in [6, 6.07) is 5.21. The smallest absolute Gasteiger partial charge is 0.335 e. The summed E-state index contributed by atoms with van der Waals surface area (Å²) in [6.07, 6.45) is 3.27. The lowest BCUT2D eigenvalue weighted by atomic mass is 10.1. The SMILES string of the molecule is CCOc1cncc(N2Cc3ccc(C(=O)O)cc3C2)n1. The molecular formula is C15H15N3O3. The molecule has 0 atom stereocenters. The van der Waals surface area contributed by atoms with Gasteiger partial charge in [0.15, 0.2) is 5.82 Å². The molecule has 6 nitrogen and oxygen atoms in total. The first kappa shape index (κ1) is 13.4. The predicted octanol–water partition coefficient (Wildman–Crippen LogP) is 2.09. The van der Waals surface area contributed by atoms with Crippen LogP contribution in [0.1, 0.15) is 28.4 Å². The number of hydrogen-bond acceptors (Lipinski definition) is 5. The van der Waals surface area contributed by atoms with Crippen molar-refractivity contribution in [1.29, 1.82) is 0 Å². The summed E-state index contributed by atoms with van der Waals surface area (Å²) < 4.78 is 5.36. The van der Waals surface area contributed by atoms with Crippen molar-refractivity contribution in [3.05, 3.63) is 47.3 Å². The fourth-order valence-corrected chi connectivity index (χ4v) is 2.40. The third-order valence-corrected chi connectivity index (χ3v) is 3.39. The second kappa shape index (κ2) is 5.40. The van der Waals surface area contributed by atoms with Gasteiger partial charge in [0.05, 0.1) is 24.6 Å². The van der Waals surface area contributed by atoms with Crippen molar-refractivity contribution < 1.29 is 14.6 Å². The highest BCUT2D eigenvalue weighted by Crippen LogP contribution is 2.28. The number of aromatic nitrogens is 2. The minimum atomic E-state index is -0.908. The molecule has 3 rings (SSSR count). The van der Waals surface area contributed by atoms with Crippen LogP contribution in [-0.4, -0.2) is 27.7 Å². The first-order valence-electron chi connectivity index (χ1n) is 6.72. The molecule has 1 aromatic heterocycles. The van der Waals surface area contributed by atoms with E-state index in [4.69, 9.17) is 9.84 Å². The molecule has 1 aromatic carbocycles. The lowest BCUT2D eigenvalue weighted by molar-refractivity contribution is 0.0697. The normalized spacial score (nSPS) is 13.1. The lowest BCUT2D eigenvalue weighted by Gasteiger charge is -2.16. The highest BCUT2D eigenvalue weighted by atomic mass is 16.5. The van der Waals surface area contributed by atoms with Gasteiger partial charge in [0.25, 0.3) is 0 Å². The zero-order chi connectivity index (χ0) is 14.8. The summed E-state index contributed by atoms with van der Waals surface area (Å²) in [6.45, 7) is 3.76. The van der Waals surface area contributed by atoms with Gasteiger partial charge in [-0.25, -0.2) is 4.79 Å². The van der Waals surface area contributed by atoms with Crippen molar-refractivity contribution in [1.82, 2.24) is 9.97 Å². The Kier molecular flexibility index (Phi) is 3.43. The van der Waals surface area contributed by atoms with Crippen molar-refractivity contribution in [2.75, 3.05) is 11.5 Å². The number of carbonyl (C=O) groups is 1. The van der Waals surface area contributed by atoms with Gasteiger partial charge in [-0.05, 0) is 30.2 Å². The number of anilines is 1. The van der Waals surface area contributed by atoms with Crippen LogP contribution in [0.25, 0.3) is 0 Å². The minimum absolute atomic E-state index is 0.310. The number of aromatic carboxylic acids is 1. The van der Waals surface area contributed by atoms with Crippen molar-refractivity contribution >= 4 is 11.8 Å². The molecule has 1 aliphatic rings. The van der Waals surface area contributed by atoms with Crippen LogP contribution in [0.5, 0.6) is 5.88 Å². The highest BCUT2D eigenvalue weighted by molar-refractivity contribution is 5.88. The van der Waals surface area contributed by atoms with E-state index in [9.17, 15) is 4.79 Å². The zero-order valence-corrected chi connectivity index (χ0v) is 11.6. The highest BCUT2D eigenvalue weighted by Gasteiger charge is 2.22. The molecule has 2 heterocycles. The van der Waals surface area contributed by atoms with E-state index in [2.05, 4.69) is 9.97 Å². The van der Waals surface area contributed by atoms with E-state index in [1.165, 1.54) is 0 Å². The van der Waals surface area contributed by atoms with E-state index in [0.29, 0.717) is 31.1 Å². The monoisotopic (exact) mass is 285 g/mol. The van der Waals surface area contributed by atoms with E-state index >= 15 is 0 Å². The fraction of sp³-hybridized carbons (Fsp3) is 0.267. The quantitative estimate of drug-likeness (QED) is 0.927. The molecule has 0 aliphatic carbocycles. The van der Waals surface area contributed by atoms with Crippen LogP contribution in [0, 0.1) is 0 Å². The third kappa shape index (κ3) is 2.65. The Morgan fingerprint density at radius 3 is 2.90 bits per heavy atom. The van der Waals surface area contributed by atoms with Gasteiger partial charge in [-0.15, -0.1) is 0 Å². The number of hydrogen-bond donors (Lipinski definition) is 1. The molecule has 0 spiro atoms. The Balaban J connectivity index is 1.84. The van der Waals surface area contributed by atoms with Gasteiger partial charge in [-0.3, -0.25) is 4.98 Å². The molecule has 0 fully saturated rings. The third-order valence-electron chi connectivity index (χ3n) is 3.39. The summed E-state index contributed by atoms with van der Waals surface area (Å²) in [7, 11) is 0. The lowest BCUT2D eigenvalue weighted by Crippen LogP contribution is -2.16. The van der Waals surface area contributed by atoms with Crippen molar-refractivity contribution in [3.8, 4) is 5.88 Å². The van der Waals surface area contributed by atoms with E-state index in [1.807, 2.05) is 17.9 Å². The maximum atomic E-state index is 11.0. The molecule has 0 unspecified atom stereocenters. The van der Waals surface area contributed by atoms with Crippen molar-refractivity contribution in [2.45, 2.75) is 20.0 Å². The van der Waals surface area contributed by atoms with E-state index < -0.39 is 5.97 Å². The van der Waals surface area contributed by atoms with Gasteiger partial charge in [0, 0.05) is 13.1 Å². The molecule has 1 N–H and O–H groups in total. The number of nitrogens with zero attached hydrogens (tertiary/aromatic N) is 3. The summed E-state index contributed by atoms with van der Waals surface area (Å²) >= 11 is 0. The van der Waals surface area contributed by atoms with Crippen LogP contribution < -0.4 is 9.64 Å². The maximum absolute atomic E-state index is 11.0. The molecular weight excluding hydrogens is 270 g/mol. The average molecular weight is 285 g/mol. The van der Waals surface area contributed by atoms with Gasteiger partial charge in [0.1, 0.15) is 0 Å². The maximum Gasteiger partial charge on any atom is 0.335 e. The van der Waals surface area contributed by atoms with Gasteiger partial charge >= 0.3 is 5.97 Å². The van der Waals surface area contributed by atoms with Crippen LogP contribution in [0.3, 0.4) is 0 Å². The van der Waals surface area contributed by atoms with Gasteiger partial charge in [-0.1, -0.05) is 6.07 Å². The van der Waals surface area contributed by atoms with E-state index in [1.54, 1.807) is 24.5 Å². The standard InChI is InChI=1S/C15H15N3O3/c1-2-21-14-7-16-6-13(17-14)18-8-11-4-3-10(15(19)20)5-12(11)9-18/h3-7H,2,8-9H2,1H3,(H,19,20). The van der Waals surface area contributed by atoms with Crippen LogP contribution in [0.4, 0.5) is 5.82 Å². The Hall–Kier alpha value is -2.63. The van der Waals surface area contributed by atoms with Gasteiger partial charge in [-0.2, -0.15) is 4.98 Å². The Morgan fingerprint density at radius 2 is 2.14 bits per heavy atom. The number of fused-ring (bicyclic) bond motifs is 1. The second-order valence-corrected chi connectivity index (χ2v) is 4.79. The summed E-state index contributed by atoms with van der Waals surface area (Å²) in [5, 5.41) is 9.04. The predicted molar refractivity (Wildman–Crippen MR) is 76.5 cm³/mol. The van der Waals surface area contributed by atoms with E-state index in [0.717, 1.165) is 16.9 Å². The van der Waals surface area contributed by atoms with E-state index in [-0.39, 0.29) is 0 Å². The van der Waals surface area contributed by atoms with Gasteiger partial charge in [0.2, 0.25) is 5.88 Å². The van der Waals surface area contributed by atoms with Crippen LogP contribution in [-0.2, 0) is 13.1 Å². The Labute approximate surface area is 122 Å². The second-order valence-electron chi connectivity index (χ2n) is 4.79. The summed E-state index contributed by atoms with van der Waals surface area (Å²) in [5.41, 5.74) is 2.44. The number of benzene rings is 1. The zero-order valence-electron chi connectivity index (χ0n) is 11.6. The Morgan fingerprint density at radius 1 is 1.33 bits per heavy atom. The molecule has 2 aromatic rings. The molecule has 0 saturated heterocycles. The largest absolute Gasteiger partial charge is 0.478 e. The molecule has 0 amide bonds. The molecule has 0 bridgehead atoms. The molecule has 0 saturated carbocycles. The summed E-state index contributed by atoms with van der Waals surface area (Å²) in [4.78, 5) is 21.6. The molecule has 21 heavy (non-hydrogen) atoms. The molecule has 108 valence electrons. The number of carboxylic acids is 1. The first-order valence-corrected chi connectivity index (χ1v) is 6.72. The molecule has 0 radical (unpaired) electrons. The first-order chi connectivity index (χ1) is 10.2. The Bertz CT molecular complexity index is 688. The minimum Gasteiger partial charge on any atom is -0.478 e. The molecule has 1 aliphatic heterocycles. The van der Waals surface area contributed by atoms with Crippen molar-refractivity contribution in [2.24, 2.45) is 0 Å². The topological polar surface area (TPSA) is 75.5 Å². The number of ether oxygens (including phenoxy) is 1. The van der Waals surface area contributed by atoms with Crippen LogP contribution in [0.15, 0.2) is 30.6 Å². The van der Waals surface area contributed by atoms with Crippen LogP contribution in [0.2, 0.25) is 0 Å². The molecule has 6 heteroatoms. The van der Waals surface area contributed by atoms with Crippen LogP contribution >= 0.6 is 0 Å². The van der Waals surface area contributed by atoms with Gasteiger partial charge < -0.3 is 14.7 Å². The average Bonchev–Trinajstić information content (AvgIpc) is 2.91. The van der Waals surface area contributed by atoms with Crippen molar-refractivity contribution in [3.63, 3.8) is 0 Å².